The van der Waals surface area contributed by atoms with Gasteiger partial charge < -0.3 is 5.11 Å². The van der Waals surface area contributed by atoms with Crippen LogP contribution in [0.5, 0.6) is 0 Å². The summed E-state index contributed by atoms with van der Waals surface area (Å²) in [7, 11) is -3.68. The molecule has 7 nitrogen and oxygen atoms in total. The highest BCUT2D eigenvalue weighted by Crippen LogP contribution is 2.20. The van der Waals surface area contributed by atoms with Crippen LogP contribution in [-0.2, 0) is 9.84 Å². The first-order chi connectivity index (χ1) is 9.00. The van der Waals surface area contributed by atoms with Crippen LogP contribution in [0.4, 0.5) is 10.5 Å². The van der Waals surface area contributed by atoms with Crippen LogP contribution in [0, 0.1) is 0 Å². The van der Waals surface area contributed by atoms with Gasteiger partial charge in [0.15, 0.2) is 0 Å². The van der Waals surface area contributed by atoms with Crippen LogP contribution in [0.1, 0.15) is 0 Å². The predicted molar refractivity (Wildman–Crippen MR) is 65.6 cm³/mol. The highest BCUT2D eigenvalue weighted by molar-refractivity contribution is 7.91. The summed E-state index contributed by atoms with van der Waals surface area (Å²) in [6.45, 7) is 0. The Morgan fingerprint density at radius 2 is 1.63 bits per heavy atom. The molecule has 2 aromatic rings. The fourth-order valence-electron chi connectivity index (χ4n) is 1.40. The Bertz CT molecular complexity index is 684. The van der Waals surface area contributed by atoms with Gasteiger partial charge in [0.25, 0.3) is 0 Å². The average molecular weight is 279 g/mol. The van der Waals surface area contributed by atoms with Gasteiger partial charge in [-0.25, -0.2) is 23.2 Å². The second-order valence-corrected chi connectivity index (χ2v) is 5.48. The van der Waals surface area contributed by atoms with E-state index in [0.29, 0.717) is 0 Å². The number of amides is 1. The van der Waals surface area contributed by atoms with Crippen molar-refractivity contribution in [3.8, 4) is 0 Å². The van der Waals surface area contributed by atoms with Crippen LogP contribution in [0.25, 0.3) is 0 Å². The zero-order chi connectivity index (χ0) is 13.9. The lowest BCUT2D eigenvalue weighted by Gasteiger charge is -2.05. The van der Waals surface area contributed by atoms with Gasteiger partial charge in [0.2, 0.25) is 9.84 Å². The van der Waals surface area contributed by atoms with Crippen molar-refractivity contribution in [1.82, 2.24) is 9.97 Å². The molecule has 1 amide bonds. The van der Waals surface area contributed by atoms with E-state index < -0.39 is 15.9 Å². The largest absolute Gasteiger partial charge is 0.465 e. The molecule has 98 valence electrons. The minimum Gasteiger partial charge on any atom is -0.465 e. The number of rotatable bonds is 3. The Hall–Kier alpha value is -2.48. The Balaban J connectivity index is 2.35. The number of hydrogen-bond donors (Lipinski definition) is 2. The van der Waals surface area contributed by atoms with E-state index in [2.05, 4.69) is 15.3 Å². The van der Waals surface area contributed by atoms with Crippen molar-refractivity contribution >= 4 is 21.6 Å². The number of sulfone groups is 1. The number of carboxylic acid groups (broad SMARTS) is 1. The van der Waals surface area contributed by atoms with E-state index in [4.69, 9.17) is 5.11 Å². The number of nitrogens with zero attached hydrogens (tertiary/aromatic N) is 2. The molecule has 0 fully saturated rings. The molecule has 1 aromatic carbocycles. The van der Waals surface area contributed by atoms with Crippen molar-refractivity contribution in [1.29, 1.82) is 0 Å². The van der Waals surface area contributed by atoms with Crippen LogP contribution in [0.3, 0.4) is 0 Å². The molecule has 1 aromatic heterocycles. The molecule has 0 aliphatic rings. The molecule has 0 saturated carbocycles. The fraction of sp³-hybridized carbons (Fsp3) is 0. The van der Waals surface area contributed by atoms with Gasteiger partial charge in [-0.3, -0.25) is 5.32 Å². The van der Waals surface area contributed by atoms with E-state index in [1.54, 1.807) is 0 Å². The first kappa shape index (κ1) is 13.0. The molecule has 0 atom stereocenters. The molecule has 0 unspecified atom stereocenters. The third-order valence-electron chi connectivity index (χ3n) is 2.26. The molecule has 19 heavy (non-hydrogen) atoms. The molecule has 2 N–H and O–H groups in total. The average Bonchev–Trinajstić information content (AvgIpc) is 2.40. The zero-order valence-electron chi connectivity index (χ0n) is 9.52. The van der Waals surface area contributed by atoms with E-state index in [1.807, 2.05) is 0 Å². The van der Waals surface area contributed by atoms with Crippen molar-refractivity contribution in [2.45, 2.75) is 9.79 Å². The molecule has 0 aliphatic heterocycles. The van der Waals surface area contributed by atoms with Gasteiger partial charge in [0, 0.05) is 18.1 Å². The number of nitrogens with one attached hydrogen (secondary N) is 1. The van der Waals surface area contributed by atoms with E-state index in [-0.39, 0.29) is 15.5 Å². The summed E-state index contributed by atoms with van der Waals surface area (Å²) in [6.07, 6.45) is 2.42. The normalized spacial score (nSPS) is 10.9. The Morgan fingerprint density at radius 1 is 1.05 bits per heavy atom. The van der Waals surface area contributed by atoms with Crippen LogP contribution < -0.4 is 5.32 Å². The molecular formula is C11H9N3O4S. The summed E-state index contributed by atoms with van der Waals surface area (Å²) in [6, 6.07) is 5.36. The summed E-state index contributed by atoms with van der Waals surface area (Å²) in [5.41, 5.74) is 0.288. The zero-order valence-corrected chi connectivity index (χ0v) is 10.3. The van der Waals surface area contributed by atoms with Crippen molar-refractivity contribution in [2.24, 2.45) is 0 Å². The van der Waals surface area contributed by atoms with E-state index in [0.717, 1.165) is 0 Å². The maximum Gasteiger partial charge on any atom is 0.409 e. The summed E-state index contributed by atoms with van der Waals surface area (Å²) in [5, 5.41) is 10.6. The van der Waals surface area contributed by atoms with Gasteiger partial charge in [-0.2, -0.15) is 0 Å². The summed E-state index contributed by atoms with van der Waals surface area (Å²) in [4.78, 5) is 17.8. The molecule has 0 aliphatic carbocycles. The number of hydrogen-bond acceptors (Lipinski definition) is 5. The van der Waals surface area contributed by atoms with Gasteiger partial charge in [0.1, 0.15) is 11.2 Å². The highest BCUT2D eigenvalue weighted by atomic mass is 32.2. The standard InChI is InChI=1S/C11H9N3O4S/c15-11(16)14-8-1-3-9(4-2-8)19(17,18)10-5-12-7-13-6-10/h1-7,14H,(H,15,16). The van der Waals surface area contributed by atoms with Gasteiger partial charge >= 0.3 is 6.09 Å². The first-order valence-corrected chi connectivity index (χ1v) is 6.58. The smallest absolute Gasteiger partial charge is 0.409 e. The van der Waals surface area contributed by atoms with Crippen molar-refractivity contribution in [3.63, 3.8) is 0 Å². The SMILES string of the molecule is O=C(O)Nc1ccc(S(=O)(=O)c2cncnc2)cc1. The van der Waals surface area contributed by atoms with E-state index in [1.165, 1.54) is 43.0 Å². The number of aromatic nitrogens is 2. The van der Waals surface area contributed by atoms with Crippen LogP contribution in [0.2, 0.25) is 0 Å². The molecule has 0 bridgehead atoms. The maximum absolute atomic E-state index is 12.2. The van der Waals surface area contributed by atoms with E-state index >= 15 is 0 Å². The summed E-state index contributed by atoms with van der Waals surface area (Å²) < 4.78 is 24.3. The van der Waals surface area contributed by atoms with Crippen molar-refractivity contribution < 1.29 is 18.3 Å². The third kappa shape index (κ3) is 2.86. The van der Waals surface area contributed by atoms with Crippen LogP contribution >= 0.6 is 0 Å². The minimum atomic E-state index is -3.68. The summed E-state index contributed by atoms with van der Waals surface area (Å²) in [5.74, 6) is 0. The molecule has 0 saturated heterocycles. The number of carbonyl (C=O) groups is 1. The number of anilines is 1. The van der Waals surface area contributed by atoms with Crippen LogP contribution in [-0.4, -0.2) is 29.6 Å². The maximum atomic E-state index is 12.2. The Kier molecular flexibility index (Phi) is 3.43. The minimum absolute atomic E-state index is 0.0195. The molecule has 8 heteroatoms. The Morgan fingerprint density at radius 3 is 2.16 bits per heavy atom. The molecule has 1 heterocycles. The van der Waals surface area contributed by atoms with Gasteiger partial charge in [-0.05, 0) is 24.3 Å². The molecule has 0 radical (unpaired) electrons. The topological polar surface area (TPSA) is 109 Å². The molecule has 2 rings (SSSR count). The monoisotopic (exact) mass is 279 g/mol. The van der Waals surface area contributed by atoms with Crippen molar-refractivity contribution in [3.05, 3.63) is 43.0 Å². The molecular weight excluding hydrogens is 270 g/mol. The third-order valence-corrected chi connectivity index (χ3v) is 3.99. The van der Waals surface area contributed by atoms with Gasteiger partial charge in [-0.1, -0.05) is 0 Å². The van der Waals surface area contributed by atoms with Crippen LogP contribution in [0.15, 0.2) is 52.8 Å². The van der Waals surface area contributed by atoms with Gasteiger partial charge in [0.05, 0.1) is 4.90 Å². The first-order valence-electron chi connectivity index (χ1n) is 5.10. The predicted octanol–water partition coefficient (Wildman–Crippen LogP) is 1.40. The lowest BCUT2D eigenvalue weighted by Crippen LogP contribution is -2.08. The quantitative estimate of drug-likeness (QED) is 0.878. The van der Waals surface area contributed by atoms with Crippen molar-refractivity contribution in [2.75, 3.05) is 5.32 Å². The lowest BCUT2D eigenvalue weighted by atomic mass is 10.3. The summed E-state index contributed by atoms with van der Waals surface area (Å²) >= 11 is 0. The highest BCUT2D eigenvalue weighted by Gasteiger charge is 2.18. The molecule has 0 spiro atoms. The fourth-order valence-corrected chi connectivity index (χ4v) is 2.57. The van der Waals surface area contributed by atoms with E-state index in [9.17, 15) is 13.2 Å². The number of benzene rings is 1. The second kappa shape index (κ2) is 5.02. The second-order valence-electron chi connectivity index (χ2n) is 3.53. The Labute approximate surface area is 108 Å². The van der Waals surface area contributed by atoms with Gasteiger partial charge in [-0.15, -0.1) is 0 Å². The lowest BCUT2D eigenvalue weighted by molar-refractivity contribution is 0.209.